The average Bonchev–Trinajstić information content (AvgIpc) is 2.66. The summed E-state index contributed by atoms with van der Waals surface area (Å²) in [6.07, 6.45) is 2.39. The largest absolute Gasteiger partial charge is 0.482 e. The van der Waals surface area contributed by atoms with Gasteiger partial charge in [0.25, 0.3) is 5.91 Å². The lowest BCUT2D eigenvalue weighted by atomic mass is 9.75. The van der Waals surface area contributed by atoms with Crippen molar-refractivity contribution in [1.82, 2.24) is 0 Å². The quantitative estimate of drug-likeness (QED) is 0.718. The van der Waals surface area contributed by atoms with E-state index in [0.29, 0.717) is 18.0 Å². The Balaban J connectivity index is 1.86. The number of hydrogen-bond acceptors (Lipinski definition) is 5. The van der Waals surface area contributed by atoms with Gasteiger partial charge in [-0.15, -0.1) is 0 Å². The predicted octanol–water partition coefficient (Wildman–Crippen LogP) is 2.82. The summed E-state index contributed by atoms with van der Waals surface area (Å²) in [6, 6.07) is 5.50. The summed E-state index contributed by atoms with van der Waals surface area (Å²) < 4.78 is 5.52. The zero-order valence-corrected chi connectivity index (χ0v) is 15.8. The van der Waals surface area contributed by atoms with Crippen molar-refractivity contribution in [2.24, 2.45) is 5.92 Å². The van der Waals surface area contributed by atoms with Gasteiger partial charge in [0.15, 0.2) is 24.0 Å². The lowest BCUT2D eigenvalue weighted by Crippen LogP contribution is -2.40. The van der Waals surface area contributed by atoms with Crippen LogP contribution in [0.4, 0.5) is 5.69 Å². The van der Waals surface area contributed by atoms with E-state index >= 15 is 0 Å². The maximum absolute atomic E-state index is 12.4. The summed E-state index contributed by atoms with van der Waals surface area (Å²) in [6.45, 7) is 4.37. The van der Waals surface area contributed by atoms with Crippen LogP contribution in [-0.2, 0) is 19.2 Å². The normalized spacial score (nSPS) is 22.4. The molecule has 1 fully saturated rings. The molecule has 3 rings (SSSR count). The molecule has 0 bridgehead atoms. The van der Waals surface area contributed by atoms with Gasteiger partial charge in [0.05, 0.1) is 5.69 Å². The number of amides is 1. The van der Waals surface area contributed by atoms with Gasteiger partial charge in [0.2, 0.25) is 0 Å². The fraction of sp³-hybridized carbons (Fsp3) is 0.524. The maximum Gasteiger partial charge on any atom is 0.265 e. The first-order valence-corrected chi connectivity index (χ1v) is 9.61. The first-order chi connectivity index (χ1) is 13.0. The van der Waals surface area contributed by atoms with Crippen LogP contribution in [0.15, 0.2) is 18.2 Å². The molecule has 6 heteroatoms. The first kappa shape index (κ1) is 19.3. The number of ether oxygens (including phenoxy) is 1. The van der Waals surface area contributed by atoms with Gasteiger partial charge in [-0.2, -0.15) is 0 Å². The second kappa shape index (κ2) is 8.03. The number of carbonyl (C=O) groups excluding carboxylic acids is 4. The molecule has 6 nitrogen and oxygen atoms in total. The Labute approximate surface area is 158 Å². The molecule has 0 saturated heterocycles. The zero-order chi connectivity index (χ0) is 19.6. The molecule has 0 atom stereocenters. The SMILES string of the molecule is CCCCN1C(=O)COc2ccc(C3CC(=O)C(C(=O)CC)C(=O)C3)cc21. The third-order valence-electron chi connectivity index (χ3n) is 5.34. The van der Waals surface area contributed by atoms with Crippen molar-refractivity contribution in [3.63, 3.8) is 0 Å². The topological polar surface area (TPSA) is 80.8 Å². The number of ketones is 3. The minimum absolute atomic E-state index is 0.0251. The van der Waals surface area contributed by atoms with Crippen molar-refractivity contribution in [2.45, 2.75) is 51.9 Å². The average molecular weight is 371 g/mol. The van der Waals surface area contributed by atoms with E-state index in [2.05, 4.69) is 6.92 Å². The van der Waals surface area contributed by atoms with Crippen LogP contribution in [0.25, 0.3) is 0 Å². The van der Waals surface area contributed by atoms with Crippen LogP contribution < -0.4 is 9.64 Å². The van der Waals surface area contributed by atoms with E-state index in [1.165, 1.54) is 0 Å². The van der Waals surface area contributed by atoms with Crippen LogP contribution >= 0.6 is 0 Å². The van der Waals surface area contributed by atoms with E-state index in [-0.39, 0.29) is 55.0 Å². The van der Waals surface area contributed by atoms with Gasteiger partial charge >= 0.3 is 0 Å². The van der Waals surface area contributed by atoms with Gasteiger partial charge in [-0.3, -0.25) is 19.2 Å². The highest BCUT2D eigenvalue weighted by atomic mass is 16.5. The first-order valence-electron chi connectivity index (χ1n) is 9.61. The zero-order valence-electron chi connectivity index (χ0n) is 15.8. The van der Waals surface area contributed by atoms with Gasteiger partial charge in [0, 0.05) is 25.8 Å². The fourth-order valence-corrected chi connectivity index (χ4v) is 3.81. The second-order valence-corrected chi connectivity index (χ2v) is 7.21. The van der Waals surface area contributed by atoms with Crippen molar-refractivity contribution < 1.29 is 23.9 Å². The molecular weight excluding hydrogens is 346 g/mol. The summed E-state index contributed by atoms with van der Waals surface area (Å²) >= 11 is 0. The summed E-state index contributed by atoms with van der Waals surface area (Å²) in [5.74, 6) is -1.68. The van der Waals surface area contributed by atoms with Crippen LogP contribution in [0, 0.1) is 5.92 Å². The lowest BCUT2D eigenvalue weighted by Gasteiger charge is -2.31. The molecule has 0 unspecified atom stereocenters. The molecule has 1 aromatic rings. The van der Waals surface area contributed by atoms with Gasteiger partial charge in [0.1, 0.15) is 11.7 Å². The summed E-state index contributed by atoms with van der Waals surface area (Å²) in [7, 11) is 0. The molecule has 1 aliphatic heterocycles. The Morgan fingerprint density at radius 3 is 2.48 bits per heavy atom. The standard InChI is InChI=1S/C21H25NO5/c1-3-5-8-22-15-9-13(6-7-19(15)27-12-20(22)26)14-10-17(24)21(16(23)4-2)18(25)11-14/h6-7,9,14,21H,3-5,8,10-12H2,1-2H3. The Morgan fingerprint density at radius 1 is 1.15 bits per heavy atom. The van der Waals surface area contributed by atoms with E-state index in [4.69, 9.17) is 4.74 Å². The number of rotatable bonds is 6. The van der Waals surface area contributed by atoms with Crippen LogP contribution in [0.3, 0.4) is 0 Å². The summed E-state index contributed by atoms with van der Waals surface area (Å²) in [5.41, 5.74) is 1.53. The van der Waals surface area contributed by atoms with E-state index in [0.717, 1.165) is 18.4 Å². The highest BCUT2D eigenvalue weighted by Crippen LogP contribution is 2.39. The van der Waals surface area contributed by atoms with Crippen LogP contribution in [0.1, 0.15) is 57.4 Å². The Kier molecular flexibility index (Phi) is 5.73. The van der Waals surface area contributed by atoms with Gasteiger partial charge in [-0.05, 0) is 30.0 Å². The molecular formula is C21H25NO5. The van der Waals surface area contributed by atoms with Crippen LogP contribution in [0.5, 0.6) is 5.75 Å². The van der Waals surface area contributed by atoms with Crippen molar-refractivity contribution in [2.75, 3.05) is 18.1 Å². The molecule has 1 aliphatic carbocycles. The highest BCUT2D eigenvalue weighted by Gasteiger charge is 2.40. The third-order valence-corrected chi connectivity index (χ3v) is 5.34. The number of hydrogen-bond donors (Lipinski definition) is 0. The number of carbonyl (C=O) groups is 4. The maximum atomic E-state index is 12.4. The number of anilines is 1. The number of fused-ring (bicyclic) bond motifs is 1. The molecule has 2 aliphatic rings. The highest BCUT2D eigenvalue weighted by molar-refractivity contribution is 6.20. The van der Waals surface area contributed by atoms with E-state index in [1.54, 1.807) is 17.9 Å². The molecule has 27 heavy (non-hydrogen) atoms. The van der Waals surface area contributed by atoms with E-state index < -0.39 is 5.92 Å². The summed E-state index contributed by atoms with van der Waals surface area (Å²) in [5, 5.41) is 0. The molecule has 0 radical (unpaired) electrons. The molecule has 144 valence electrons. The molecule has 0 spiro atoms. The van der Waals surface area contributed by atoms with E-state index in [9.17, 15) is 19.2 Å². The molecule has 0 N–H and O–H groups in total. The van der Waals surface area contributed by atoms with Crippen molar-refractivity contribution in [1.29, 1.82) is 0 Å². The predicted molar refractivity (Wildman–Crippen MR) is 100.0 cm³/mol. The van der Waals surface area contributed by atoms with Gasteiger partial charge < -0.3 is 9.64 Å². The molecule has 1 aromatic carbocycles. The second-order valence-electron chi connectivity index (χ2n) is 7.21. The van der Waals surface area contributed by atoms with Crippen molar-refractivity contribution in [3.8, 4) is 5.75 Å². The third kappa shape index (κ3) is 3.80. The van der Waals surface area contributed by atoms with Gasteiger partial charge in [-0.25, -0.2) is 0 Å². The monoisotopic (exact) mass is 371 g/mol. The minimum atomic E-state index is -1.09. The Morgan fingerprint density at radius 2 is 1.85 bits per heavy atom. The molecule has 0 aromatic heterocycles. The summed E-state index contributed by atoms with van der Waals surface area (Å²) in [4.78, 5) is 50.7. The molecule has 1 heterocycles. The van der Waals surface area contributed by atoms with E-state index in [1.807, 2.05) is 12.1 Å². The Hall–Kier alpha value is -2.50. The lowest BCUT2D eigenvalue weighted by molar-refractivity contribution is -0.142. The Bertz CT molecular complexity index is 767. The minimum Gasteiger partial charge on any atom is -0.482 e. The van der Waals surface area contributed by atoms with Crippen molar-refractivity contribution in [3.05, 3.63) is 23.8 Å². The molecule has 1 saturated carbocycles. The van der Waals surface area contributed by atoms with Crippen molar-refractivity contribution >= 4 is 28.9 Å². The number of nitrogens with zero attached hydrogens (tertiary/aromatic N) is 1. The number of benzene rings is 1. The number of Topliss-reactive ketones (excluding diaryl/α,β-unsaturated/α-hetero) is 3. The van der Waals surface area contributed by atoms with Crippen LogP contribution in [-0.4, -0.2) is 36.4 Å². The fourth-order valence-electron chi connectivity index (χ4n) is 3.81. The number of unbranched alkanes of at least 4 members (excludes halogenated alkanes) is 1. The van der Waals surface area contributed by atoms with Gasteiger partial charge in [-0.1, -0.05) is 26.3 Å². The molecule has 1 amide bonds. The van der Waals surface area contributed by atoms with Crippen LogP contribution in [0.2, 0.25) is 0 Å². The smallest absolute Gasteiger partial charge is 0.265 e.